The van der Waals surface area contributed by atoms with E-state index in [-0.39, 0.29) is 33.0 Å². The van der Waals surface area contributed by atoms with Crippen LogP contribution in [0.2, 0.25) is 0 Å². The summed E-state index contributed by atoms with van der Waals surface area (Å²) < 4.78 is 28.6. The van der Waals surface area contributed by atoms with Gasteiger partial charge in [0.15, 0.2) is 0 Å². The number of benzene rings is 3. The van der Waals surface area contributed by atoms with Gasteiger partial charge in [0.25, 0.3) is 0 Å². The highest BCUT2D eigenvalue weighted by Gasteiger charge is 2.25. The third kappa shape index (κ3) is 5.05. The molecule has 180 valence electrons. The number of anilines is 1. The summed E-state index contributed by atoms with van der Waals surface area (Å²) >= 11 is 0. The van der Waals surface area contributed by atoms with Crippen molar-refractivity contribution in [2.45, 2.75) is 49.4 Å². The molecule has 0 fully saturated rings. The number of hydrogen-bond donors (Lipinski definition) is 1. The average Bonchev–Trinajstić information content (AvgIpc) is 2.81. The standard InChI is InChI=1S/C28H28N2O4S/c1-19-10-15-24-23(16-19)27(32)25(17-30(24)18-26(31)29-21-8-6-5-7-9-21)35(33,34)22-13-11-20(12-14-22)28(2,3)4/h5-17H,18H2,1-4H3,(H,29,31). The first-order valence-corrected chi connectivity index (χ1v) is 12.8. The van der Waals surface area contributed by atoms with Gasteiger partial charge in [-0.1, -0.05) is 62.7 Å². The second-order valence-electron chi connectivity index (χ2n) is 9.66. The minimum atomic E-state index is -4.12. The summed E-state index contributed by atoms with van der Waals surface area (Å²) in [7, 11) is -4.12. The lowest BCUT2D eigenvalue weighted by Crippen LogP contribution is -2.24. The van der Waals surface area contributed by atoms with Crippen molar-refractivity contribution in [3.05, 3.63) is 100 Å². The van der Waals surface area contributed by atoms with Crippen LogP contribution in [0.25, 0.3) is 10.9 Å². The molecule has 0 aliphatic carbocycles. The van der Waals surface area contributed by atoms with Crippen molar-refractivity contribution >= 4 is 32.3 Å². The molecule has 3 aromatic carbocycles. The van der Waals surface area contributed by atoms with E-state index in [9.17, 15) is 18.0 Å². The number of rotatable bonds is 5. The van der Waals surface area contributed by atoms with Gasteiger partial charge in [-0.25, -0.2) is 8.42 Å². The SMILES string of the molecule is Cc1ccc2c(c1)c(=O)c(S(=O)(=O)c1ccc(C(C)(C)C)cc1)cn2CC(=O)Nc1ccccc1. The van der Waals surface area contributed by atoms with Crippen molar-refractivity contribution in [3.8, 4) is 0 Å². The minimum absolute atomic E-state index is 0.0369. The molecule has 7 heteroatoms. The Morgan fingerprint density at radius 1 is 0.943 bits per heavy atom. The second kappa shape index (κ2) is 9.15. The van der Waals surface area contributed by atoms with Crippen molar-refractivity contribution in [1.29, 1.82) is 0 Å². The van der Waals surface area contributed by atoms with E-state index in [0.29, 0.717) is 11.2 Å². The van der Waals surface area contributed by atoms with E-state index in [1.54, 1.807) is 36.4 Å². The van der Waals surface area contributed by atoms with Crippen LogP contribution in [-0.4, -0.2) is 18.9 Å². The van der Waals surface area contributed by atoms with Crippen LogP contribution in [0.4, 0.5) is 5.69 Å². The number of aryl methyl sites for hydroxylation is 1. The molecule has 1 aromatic heterocycles. The summed E-state index contributed by atoms with van der Waals surface area (Å²) in [6.07, 6.45) is 1.28. The maximum absolute atomic E-state index is 13.6. The molecule has 4 aromatic rings. The molecule has 0 spiro atoms. The molecule has 0 aliphatic rings. The number of nitrogens with one attached hydrogen (secondary N) is 1. The van der Waals surface area contributed by atoms with Crippen LogP contribution in [0.5, 0.6) is 0 Å². The van der Waals surface area contributed by atoms with Crippen LogP contribution >= 0.6 is 0 Å². The van der Waals surface area contributed by atoms with E-state index < -0.39 is 15.3 Å². The highest BCUT2D eigenvalue weighted by atomic mass is 32.2. The van der Waals surface area contributed by atoms with E-state index >= 15 is 0 Å². The number of amides is 1. The Labute approximate surface area is 205 Å². The molecule has 0 saturated heterocycles. The number of para-hydroxylation sites is 1. The number of fused-ring (bicyclic) bond motifs is 1. The first-order valence-electron chi connectivity index (χ1n) is 11.3. The molecule has 1 heterocycles. The maximum Gasteiger partial charge on any atom is 0.244 e. The van der Waals surface area contributed by atoms with Gasteiger partial charge in [-0.3, -0.25) is 9.59 Å². The lowest BCUT2D eigenvalue weighted by molar-refractivity contribution is -0.116. The molecular weight excluding hydrogens is 460 g/mol. The predicted octanol–water partition coefficient (Wildman–Crippen LogP) is 5.08. The van der Waals surface area contributed by atoms with Crippen LogP contribution in [0.3, 0.4) is 0 Å². The molecule has 0 radical (unpaired) electrons. The molecule has 1 N–H and O–H groups in total. The number of aromatic nitrogens is 1. The van der Waals surface area contributed by atoms with E-state index in [1.807, 2.05) is 52.0 Å². The first kappa shape index (κ1) is 24.4. The number of carbonyl (C=O) groups excluding carboxylic acids is 1. The van der Waals surface area contributed by atoms with Crippen molar-refractivity contribution in [1.82, 2.24) is 4.57 Å². The van der Waals surface area contributed by atoms with Gasteiger partial charge in [-0.15, -0.1) is 0 Å². The highest BCUT2D eigenvalue weighted by Crippen LogP contribution is 2.26. The Hall–Kier alpha value is -3.71. The number of carbonyl (C=O) groups is 1. The van der Waals surface area contributed by atoms with Crippen LogP contribution in [-0.2, 0) is 26.6 Å². The summed E-state index contributed by atoms with van der Waals surface area (Å²) in [5.41, 5.74) is 2.21. The van der Waals surface area contributed by atoms with Crippen molar-refractivity contribution in [2.75, 3.05) is 5.32 Å². The van der Waals surface area contributed by atoms with Crippen LogP contribution < -0.4 is 10.7 Å². The molecule has 0 aliphatic heterocycles. The molecular formula is C28H28N2O4S. The fraction of sp³-hybridized carbons (Fsp3) is 0.214. The lowest BCUT2D eigenvalue weighted by Gasteiger charge is -2.19. The van der Waals surface area contributed by atoms with Crippen molar-refractivity contribution in [3.63, 3.8) is 0 Å². The van der Waals surface area contributed by atoms with Crippen molar-refractivity contribution in [2.24, 2.45) is 0 Å². The number of pyridine rings is 1. The van der Waals surface area contributed by atoms with E-state index in [1.165, 1.54) is 22.9 Å². The lowest BCUT2D eigenvalue weighted by atomic mass is 9.87. The van der Waals surface area contributed by atoms with E-state index in [0.717, 1.165) is 11.1 Å². The molecule has 35 heavy (non-hydrogen) atoms. The monoisotopic (exact) mass is 488 g/mol. The van der Waals surface area contributed by atoms with Gasteiger partial charge in [0.1, 0.15) is 11.4 Å². The minimum Gasteiger partial charge on any atom is -0.336 e. The van der Waals surface area contributed by atoms with Gasteiger partial charge < -0.3 is 9.88 Å². The second-order valence-corrected chi connectivity index (χ2v) is 11.6. The quantitative estimate of drug-likeness (QED) is 0.425. The summed E-state index contributed by atoms with van der Waals surface area (Å²) in [5, 5.41) is 3.06. The molecule has 6 nitrogen and oxygen atoms in total. The Kier molecular flexibility index (Phi) is 6.38. The molecule has 0 saturated carbocycles. The summed E-state index contributed by atoms with van der Waals surface area (Å²) in [6, 6.07) is 20.8. The Morgan fingerprint density at radius 3 is 2.23 bits per heavy atom. The molecule has 0 atom stereocenters. The number of hydrogen-bond acceptors (Lipinski definition) is 4. The van der Waals surface area contributed by atoms with Crippen LogP contribution in [0.15, 0.2) is 93.6 Å². The predicted molar refractivity (Wildman–Crippen MR) is 139 cm³/mol. The molecule has 0 bridgehead atoms. The Morgan fingerprint density at radius 2 is 1.60 bits per heavy atom. The molecule has 0 unspecified atom stereocenters. The Bertz CT molecular complexity index is 1560. The number of nitrogens with zero attached hydrogens (tertiary/aromatic N) is 1. The van der Waals surface area contributed by atoms with E-state index in [2.05, 4.69) is 5.32 Å². The molecule has 4 rings (SSSR count). The van der Waals surface area contributed by atoms with Gasteiger partial charge in [0.2, 0.25) is 21.2 Å². The summed E-state index contributed by atoms with van der Waals surface area (Å²) in [5.74, 6) is -0.334. The fourth-order valence-electron chi connectivity index (χ4n) is 3.94. The highest BCUT2D eigenvalue weighted by molar-refractivity contribution is 7.91. The molecule has 1 amide bonds. The maximum atomic E-state index is 13.6. The average molecular weight is 489 g/mol. The fourth-order valence-corrected chi connectivity index (χ4v) is 5.31. The third-order valence-electron chi connectivity index (χ3n) is 5.89. The Balaban J connectivity index is 1.81. The number of sulfone groups is 1. The van der Waals surface area contributed by atoms with Gasteiger partial charge in [0, 0.05) is 17.3 Å². The topological polar surface area (TPSA) is 85.2 Å². The van der Waals surface area contributed by atoms with Crippen molar-refractivity contribution < 1.29 is 13.2 Å². The normalized spacial score (nSPS) is 12.0. The van der Waals surface area contributed by atoms with Gasteiger partial charge in [0.05, 0.1) is 10.4 Å². The van der Waals surface area contributed by atoms with Gasteiger partial charge in [-0.05, 0) is 54.3 Å². The first-order chi connectivity index (χ1) is 16.5. The summed E-state index contributed by atoms with van der Waals surface area (Å²) in [6.45, 7) is 7.81. The van der Waals surface area contributed by atoms with Crippen LogP contribution in [0.1, 0.15) is 31.9 Å². The largest absolute Gasteiger partial charge is 0.336 e. The van der Waals surface area contributed by atoms with Crippen LogP contribution in [0, 0.1) is 6.92 Å². The summed E-state index contributed by atoms with van der Waals surface area (Å²) in [4.78, 5) is 25.8. The third-order valence-corrected chi connectivity index (χ3v) is 7.66. The van der Waals surface area contributed by atoms with Gasteiger partial charge >= 0.3 is 0 Å². The zero-order chi connectivity index (χ0) is 25.4. The zero-order valence-electron chi connectivity index (χ0n) is 20.2. The van der Waals surface area contributed by atoms with E-state index in [4.69, 9.17) is 0 Å². The van der Waals surface area contributed by atoms with Gasteiger partial charge in [-0.2, -0.15) is 0 Å². The smallest absolute Gasteiger partial charge is 0.244 e. The zero-order valence-corrected chi connectivity index (χ0v) is 21.0.